The summed E-state index contributed by atoms with van der Waals surface area (Å²) in [4.78, 5) is 10.6. The molecule has 0 heterocycles. The van der Waals surface area contributed by atoms with Gasteiger partial charge in [-0.1, -0.05) is 12.1 Å². The number of rotatable bonds is 3. The molecular formula is C11H11FO2. The third kappa shape index (κ3) is 1.24. The number of carbonyl (C=O) groups is 1. The van der Waals surface area contributed by atoms with Crippen molar-refractivity contribution >= 4 is 6.29 Å². The van der Waals surface area contributed by atoms with Gasteiger partial charge in [0.05, 0.1) is 6.61 Å². The number of aliphatic hydroxyl groups is 1. The van der Waals surface area contributed by atoms with Crippen LogP contribution in [0.3, 0.4) is 0 Å². The predicted molar refractivity (Wildman–Crippen MR) is 49.3 cm³/mol. The van der Waals surface area contributed by atoms with Crippen LogP contribution in [0.4, 0.5) is 4.39 Å². The molecule has 1 aliphatic carbocycles. The molecule has 0 bridgehead atoms. The van der Waals surface area contributed by atoms with Crippen LogP contribution >= 0.6 is 0 Å². The van der Waals surface area contributed by atoms with Crippen molar-refractivity contribution in [1.29, 1.82) is 0 Å². The fourth-order valence-corrected chi connectivity index (χ4v) is 1.92. The van der Waals surface area contributed by atoms with E-state index in [4.69, 9.17) is 0 Å². The molecule has 0 amide bonds. The van der Waals surface area contributed by atoms with Crippen LogP contribution in [0.1, 0.15) is 12.0 Å². The molecule has 2 atom stereocenters. The Morgan fingerprint density at radius 3 is 2.93 bits per heavy atom. The maximum Gasteiger partial charge on any atom is 0.124 e. The van der Waals surface area contributed by atoms with E-state index in [9.17, 15) is 14.3 Å². The predicted octanol–water partition coefficient (Wildman–Crippen LogP) is 1.27. The lowest BCUT2D eigenvalue weighted by molar-refractivity contribution is -0.109. The summed E-state index contributed by atoms with van der Waals surface area (Å²) < 4.78 is 12.9. The Labute approximate surface area is 81.4 Å². The Hall–Kier alpha value is -1.22. The highest BCUT2D eigenvalue weighted by Gasteiger charge is 2.54. The minimum Gasteiger partial charge on any atom is -0.395 e. The third-order valence-electron chi connectivity index (χ3n) is 2.98. The molecule has 74 valence electrons. The fourth-order valence-electron chi connectivity index (χ4n) is 1.92. The molecule has 0 radical (unpaired) electrons. The SMILES string of the molecule is O=C[C@H]1C[C@@]1(CO)c1cccc(F)c1. The normalized spacial score (nSPS) is 30.0. The van der Waals surface area contributed by atoms with Crippen molar-refractivity contribution in [1.82, 2.24) is 0 Å². The Morgan fingerprint density at radius 2 is 2.43 bits per heavy atom. The number of carbonyl (C=O) groups excluding carboxylic acids is 1. The second-order valence-electron chi connectivity index (χ2n) is 3.77. The Bertz CT molecular complexity index is 364. The first-order valence-corrected chi connectivity index (χ1v) is 4.55. The van der Waals surface area contributed by atoms with Crippen LogP contribution in [0, 0.1) is 11.7 Å². The van der Waals surface area contributed by atoms with Crippen molar-refractivity contribution in [3.63, 3.8) is 0 Å². The van der Waals surface area contributed by atoms with Crippen molar-refractivity contribution in [2.24, 2.45) is 5.92 Å². The minimum absolute atomic E-state index is 0.0974. The van der Waals surface area contributed by atoms with Crippen LogP contribution in [-0.2, 0) is 10.2 Å². The highest BCUT2D eigenvalue weighted by molar-refractivity contribution is 5.64. The van der Waals surface area contributed by atoms with Gasteiger partial charge in [-0.05, 0) is 24.1 Å². The molecule has 1 aromatic rings. The summed E-state index contributed by atoms with van der Waals surface area (Å²) in [6.45, 7) is -0.0974. The first-order valence-electron chi connectivity index (χ1n) is 4.55. The largest absolute Gasteiger partial charge is 0.395 e. The summed E-state index contributed by atoms with van der Waals surface area (Å²) in [6, 6.07) is 6.09. The van der Waals surface area contributed by atoms with Crippen molar-refractivity contribution in [3.8, 4) is 0 Å². The second-order valence-corrected chi connectivity index (χ2v) is 3.77. The van der Waals surface area contributed by atoms with Crippen LogP contribution in [0.5, 0.6) is 0 Å². The number of hydrogen-bond acceptors (Lipinski definition) is 2. The summed E-state index contributed by atoms with van der Waals surface area (Å²) in [7, 11) is 0. The van der Waals surface area contributed by atoms with Gasteiger partial charge in [-0.2, -0.15) is 0 Å². The van der Waals surface area contributed by atoms with Crippen molar-refractivity contribution < 1.29 is 14.3 Å². The smallest absolute Gasteiger partial charge is 0.124 e. The van der Waals surface area contributed by atoms with E-state index in [1.165, 1.54) is 12.1 Å². The molecular weight excluding hydrogens is 183 g/mol. The summed E-state index contributed by atoms with van der Waals surface area (Å²) in [5.41, 5.74) is 0.209. The van der Waals surface area contributed by atoms with E-state index in [1.54, 1.807) is 12.1 Å². The van der Waals surface area contributed by atoms with E-state index >= 15 is 0 Å². The molecule has 0 aliphatic heterocycles. The van der Waals surface area contributed by atoms with Gasteiger partial charge in [-0.15, -0.1) is 0 Å². The van der Waals surface area contributed by atoms with Crippen LogP contribution < -0.4 is 0 Å². The van der Waals surface area contributed by atoms with E-state index in [2.05, 4.69) is 0 Å². The Balaban J connectivity index is 2.34. The Morgan fingerprint density at radius 1 is 1.64 bits per heavy atom. The summed E-state index contributed by atoms with van der Waals surface area (Å²) >= 11 is 0. The average Bonchev–Trinajstić information content (AvgIpc) is 2.93. The van der Waals surface area contributed by atoms with Gasteiger partial charge in [-0.3, -0.25) is 0 Å². The first kappa shape index (κ1) is 9.34. The molecule has 2 rings (SSSR count). The number of benzene rings is 1. The van der Waals surface area contributed by atoms with Gasteiger partial charge in [0.15, 0.2) is 0 Å². The van der Waals surface area contributed by atoms with Crippen molar-refractivity contribution in [3.05, 3.63) is 35.6 Å². The lowest BCUT2D eigenvalue weighted by atomic mass is 9.94. The minimum atomic E-state index is -0.510. The monoisotopic (exact) mass is 194 g/mol. The van der Waals surface area contributed by atoms with Crippen molar-refractivity contribution in [2.45, 2.75) is 11.8 Å². The van der Waals surface area contributed by atoms with Gasteiger partial charge >= 0.3 is 0 Å². The van der Waals surface area contributed by atoms with E-state index in [1.807, 2.05) is 0 Å². The number of hydrogen-bond donors (Lipinski definition) is 1. The third-order valence-corrected chi connectivity index (χ3v) is 2.98. The number of aldehydes is 1. The molecule has 1 aliphatic rings. The lowest BCUT2D eigenvalue weighted by Crippen LogP contribution is -2.16. The standard InChI is InChI=1S/C11H11FO2/c12-10-3-1-2-8(4-10)11(7-14)5-9(11)6-13/h1-4,6,9,14H,5,7H2/t9-,11-/m1/s1. The topological polar surface area (TPSA) is 37.3 Å². The van der Waals surface area contributed by atoms with Gasteiger partial charge in [-0.25, -0.2) is 4.39 Å². The van der Waals surface area contributed by atoms with Gasteiger partial charge in [0.25, 0.3) is 0 Å². The van der Waals surface area contributed by atoms with Crippen LogP contribution in [0.15, 0.2) is 24.3 Å². The highest BCUT2D eigenvalue weighted by Crippen LogP contribution is 2.52. The van der Waals surface area contributed by atoms with Gasteiger partial charge in [0.2, 0.25) is 0 Å². The van der Waals surface area contributed by atoms with Gasteiger partial charge < -0.3 is 9.90 Å². The van der Waals surface area contributed by atoms with Crippen LogP contribution in [0.25, 0.3) is 0 Å². The molecule has 1 aromatic carbocycles. The van der Waals surface area contributed by atoms with Crippen LogP contribution in [0.2, 0.25) is 0 Å². The first-order chi connectivity index (χ1) is 6.73. The molecule has 1 fully saturated rings. The second kappa shape index (κ2) is 3.17. The van der Waals surface area contributed by atoms with Gasteiger partial charge in [0, 0.05) is 11.3 Å². The summed E-state index contributed by atoms with van der Waals surface area (Å²) in [5, 5.41) is 9.22. The zero-order valence-electron chi connectivity index (χ0n) is 7.61. The van der Waals surface area contributed by atoms with E-state index in [-0.39, 0.29) is 18.3 Å². The molecule has 1 saturated carbocycles. The maximum atomic E-state index is 12.9. The number of halogens is 1. The highest BCUT2D eigenvalue weighted by atomic mass is 19.1. The molecule has 1 N–H and O–H groups in total. The zero-order valence-corrected chi connectivity index (χ0v) is 7.61. The molecule has 0 spiro atoms. The number of aliphatic hydroxyl groups excluding tert-OH is 1. The van der Waals surface area contributed by atoms with E-state index in [0.29, 0.717) is 6.42 Å². The fraction of sp³-hybridized carbons (Fsp3) is 0.364. The zero-order chi connectivity index (χ0) is 10.2. The molecule has 14 heavy (non-hydrogen) atoms. The molecule has 2 nitrogen and oxygen atoms in total. The van der Waals surface area contributed by atoms with Gasteiger partial charge in [0.1, 0.15) is 12.1 Å². The summed E-state index contributed by atoms with van der Waals surface area (Å²) in [5.74, 6) is -0.485. The van der Waals surface area contributed by atoms with Crippen molar-refractivity contribution in [2.75, 3.05) is 6.61 Å². The molecule has 3 heteroatoms. The van der Waals surface area contributed by atoms with E-state index in [0.717, 1.165) is 11.8 Å². The summed E-state index contributed by atoms with van der Waals surface area (Å²) in [6.07, 6.45) is 1.46. The lowest BCUT2D eigenvalue weighted by Gasteiger charge is -2.12. The molecule has 0 unspecified atom stereocenters. The molecule has 0 aromatic heterocycles. The Kier molecular flexibility index (Phi) is 2.11. The van der Waals surface area contributed by atoms with E-state index < -0.39 is 5.41 Å². The van der Waals surface area contributed by atoms with Crippen LogP contribution in [-0.4, -0.2) is 18.0 Å². The molecule has 0 saturated heterocycles. The maximum absolute atomic E-state index is 12.9. The quantitative estimate of drug-likeness (QED) is 0.736. The average molecular weight is 194 g/mol.